The van der Waals surface area contributed by atoms with E-state index in [1.807, 2.05) is 0 Å². The number of nitrogens with one attached hydrogen (secondary N) is 4. The molecule has 522 valence electrons. The second-order valence-electron chi connectivity index (χ2n) is 26.6. The number of cyclic esters (lactones) is 2. The molecule has 6 aliphatic rings. The van der Waals surface area contributed by atoms with Crippen molar-refractivity contribution in [3.8, 4) is 11.5 Å². The molecule has 98 heavy (non-hydrogen) atoms. The van der Waals surface area contributed by atoms with Crippen LogP contribution < -0.4 is 32.4 Å². The normalized spacial score (nSPS) is 24.8. The van der Waals surface area contributed by atoms with E-state index in [0.717, 1.165) is 9.80 Å². The molecule has 0 unspecified atom stereocenters. The number of carbonyl (C=O) groups is 12. The largest absolute Gasteiger partial charge is 0.458 e. The second kappa shape index (κ2) is 30.0. The van der Waals surface area contributed by atoms with E-state index < -0.39 is 179 Å². The van der Waals surface area contributed by atoms with Crippen LogP contribution in [0, 0.1) is 25.7 Å². The Morgan fingerprint density at radius 1 is 0.602 bits per heavy atom. The van der Waals surface area contributed by atoms with E-state index in [2.05, 4.69) is 21.3 Å². The van der Waals surface area contributed by atoms with Gasteiger partial charge < -0.3 is 70.3 Å². The monoisotopic (exact) mass is 1350 g/mol. The van der Waals surface area contributed by atoms with Crippen molar-refractivity contribution in [1.29, 1.82) is 0 Å². The van der Waals surface area contributed by atoms with Crippen molar-refractivity contribution >= 4 is 87.8 Å². The lowest BCUT2D eigenvalue weighted by Gasteiger charge is -2.35. The predicted molar refractivity (Wildman–Crippen MR) is 356 cm³/mol. The molecular formula is C70H86N12O16. The molecule has 0 aromatic heterocycles. The highest BCUT2D eigenvalue weighted by Gasteiger charge is 2.46. The molecular weight excluding hydrogens is 1260 g/mol. The van der Waals surface area contributed by atoms with Crippen LogP contribution in [0.3, 0.4) is 0 Å². The highest BCUT2D eigenvalue weighted by Crippen LogP contribution is 2.35. The topological polar surface area (TPSA) is 360 Å². The Kier molecular flexibility index (Phi) is 22.0. The highest BCUT2D eigenvalue weighted by atomic mass is 16.6. The minimum atomic E-state index is -1.93. The smallest absolute Gasteiger partial charge is 0.329 e. The Morgan fingerprint density at radius 3 is 1.46 bits per heavy atom. The summed E-state index contributed by atoms with van der Waals surface area (Å²) in [4.78, 5) is 202. The Labute approximate surface area is 566 Å². The standard InChI is InChI=1S/C70H86N12O16/c1-35(2)56-69(94)96-39(7)52(63(88)72-44(31-41-21-15-13-16-22-41)65(90)81-29-19-25-46(81)67(92)77(9)33-48(83)79(56)11)75-61(86)43-28-27-37(5)59-54(43)74-55-50(51(71)58(85)38(6)60(55)98-59)62(87)76-53-40(8)97-70(95)57(36(3)4)80(12)49(84)34-78(10)68(93)47-26-20-30-82(47)66(91)45(73-64(53)89)32-42-23-17-14-18-24-42/h13-18,21-24,27-28,35-36,39-40,44-47,52-53,56-57H,19-20,25-26,29-34,71H2,1-12H3,(H,72,88)(H,73,89)(H,75,86)(H,76,87)/t39-,40-,44-,45-,46+,47+,52+,53+,56+,57+/m1/s1. The third-order valence-electron chi connectivity index (χ3n) is 18.9. The third kappa shape index (κ3) is 15.0. The summed E-state index contributed by atoms with van der Waals surface area (Å²) in [5.41, 5.74) is 4.76. The van der Waals surface area contributed by atoms with Crippen LogP contribution in [0.4, 0.5) is 5.69 Å². The fourth-order valence-corrected chi connectivity index (χ4v) is 13.4. The molecule has 28 nitrogen and oxygen atoms in total. The summed E-state index contributed by atoms with van der Waals surface area (Å²) in [6, 6.07) is 9.13. The SMILES string of the molecule is Cc1c2oc3c(C)ccc(C(=O)N[C@@H]4C(=O)N[C@H](Cc5ccccc5)C(=O)N5CCC[C@H]5C(=O)N(C)CC(=O)N(C)[C@@H](C(C)C)C(=O)O[C@@H]4C)c3nc-2c(C(=O)N[C@@H]2C(=O)N[C@H](Cc3ccccc3)C(=O)N3CCC[C@H]3C(=O)N(C)CC(=O)N(C)[C@@H](C(C)C)C(=O)O[C@@H]2C)c(N)c1=O. The maximum Gasteiger partial charge on any atom is 0.329 e. The number of aromatic nitrogens is 1. The summed E-state index contributed by atoms with van der Waals surface area (Å²) < 4.78 is 18.5. The van der Waals surface area contributed by atoms with Gasteiger partial charge in [0.15, 0.2) is 11.3 Å². The van der Waals surface area contributed by atoms with Gasteiger partial charge in [0.2, 0.25) is 52.7 Å². The van der Waals surface area contributed by atoms with E-state index in [4.69, 9.17) is 24.6 Å². The Hall–Kier alpha value is -10.3. The van der Waals surface area contributed by atoms with Gasteiger partial charge >= 0.3 is 11.9 Å². The maximum absolute atomic E-state index is 15.4. The first-order chi connectivity index (χ1) is 46.4. The van der Waals surface area contributed by atoms with Gasteiger partial charge in [-0.15, -0.1) is 0 Å². The quantitative estimate of drug-likeness (QED) is 0.0757. The highest BCUT2D eigenvalue weighted by molar-refractivity contribution is 6.10. The van der Waals surface area contributed by atoms with Gasteiger partial charge in [0.05, 0.1) is 29.9 Å². The molecule has 5 aliphatic heterocycles. The first-order valence-electron chi connectivity index (χ1n) is 32.9. The van der Waals surface area contributed by atoms with Gasteiger partial charge in [0.1, 0.15) is 71.8 Å². The summed E-state index contributed by atoms with van der Waals surface area (Å²) in [6.45, 7) is 11.6. The van der Waals surface area contributed by atoms with Crippen LogP contribution in [-0.4, -0.2) is 220 Å². The number of anilines is 1. The van der Waals surface area contributed by atoms with Crippen molar-refractivity contribution in [3.63, 3.8) is 0 Å². The van der Waals surface area contributed by atoms with Crippen molar-refractivity contribution in [2.24, 2.45) is 11.8 Å². The number of hydrogen-bond donors (Lipinski definition) is 5. The lowest BCUT2D eigenvalue weighted by atomic mass is 9.98. The van der Waals surface area contributed by atoms with Gasteiger partial charge in [-0.1, -0.05) is 94.4 Å². The van der Waals surface area contributed by atoms with Gasteiger partial charge in [0.25, 0.3) is 11.8 Å². The first-order valence-corrected chi connectivity index (χ1v) is 32.9. The number of carbonyl (C=O) groups excluding carboxylic acids is 12. The Balaban J connectivity index is 1.13. The number of fused-ring (bicyclic) bond motifs is 4. The molecule has 0 bridgehead atoms. The van der Waals surface area contributed by atoms with Crippen molar-refractivity contribution in [3.05, 3.63) is 116 Å². The average molecular weight is 1350 g/mol. The van der Waals surface area contributed by atoms with Crippen LogP contribution in [0.5, 0.6) is 0 Å². The molecule has 0 saturated carbocycles. The number of likely N-dealkylation sites (N-methyl/N-ethyl adjacent to an activating group) is 4. The maximum atomic E-state index is 15.4. The number of nitrogens with zero attached hydrogens (tertiary/aromatic N) is 7. The predicted octanol–water partition coefficient (Wildman–Crippen LogP) is 1.90. The molecule has 1 aliphatic carbocycles. The number of aryl methyl sites for hydroxylation is 1. The second-order valence-corrected chi connectivity index (χ2v) is 26.6. The summed E-state index contributed by atoms with van der Waals surface area (Å²) in [5.74, 6) is -11.4. The number of nitrogen functional groups attached to an aromatic ring is 1. The number of esters is 2. The fraction of sp³-hybridized carbons (Fsp3) is 0.486. The molecule has 4 saturated heterocycles. The first kappa shape index (κ1) is 72.0. The van der Waals surface area contributed by atoms with Crippen LogP contribution in [0.2, 0.25) is 0 Å². The minimum Gasteiger partial charge on any atom is -0.458 e. The van der Waals surface area contributed by atoms with Gasteiger partial charge in [-0.3, -0.25) is 52.7 Å². The van der Waals surface area contributed by atoms with Crippen LogP contribution >= 0.6 is 0 Å². The molecule has 3 aromatic rings. The number of nitrogens with two attached hydrogens (primary N) is 1. The molecule has 28 heteroatoms. The molecule has 9 rings (SSSR count). The van der Waals surface area contributed by atoms with Crippen LogP contribution in [0.1, 0.15) is 110 Å². The molecule has 0 radical (unpaired) electrons. The number of rotatable bonds is 10. The number of benzene rings is 4. The van der Waals surface area contributed by atoms with Crippen molar-refractivity contribution < 1.29 is 71.4 Å². The van der Waals surface area contributed by atoms with Crippen LogP contribution in [0.15, 0.2) is 82.0 Å². The van der Waals surface area contributed by atoms with Crippen molar-refractivity contribution in [1.82, 2.24) is 55.7 Å². The average Bonchev–Trinajstić information content (AvgIpc) is 0.884. The zero-order chi connectivity index (χ0) is 71.5. The van der Waals surface area contributed by atoms with Crippen molar-refractivity contribution in [2.75, 3.05) is 60.1 Å². The van der Waals surface area contributed by atoms with Crippen molar-refractivity contribution in [2.45, 2.75) is 154 Å². The van der Waals surface area contributed by atoms with Gasteiger partial charge in [-0.2, -0.15) is 0 Å². The van der Waals surface area contributed by atoms with E-state index >= 15 is 19.2 Å². The summed E-state index contributed by atoms with van der Waals surface area (Å²) in [6.07, 6.45) is -2.01. The number of hydrogen-bond acceptors (Lipinski definition) is 18. The van der Waals surface area contributed by atoms with E-state index in [-0.39, 0.29) is 66.8 Å². The Morgan fingerprint density at radius 2 is 1.03 bits per heavy atom. The molecule has 5 heterocycles. The molecule has 10 atom stereocenters. The van der Waals surface area contributed by atoms with Gasteiger partial charge in [-0.25, -0.2) is 14.6 Å². The van der Waals surface area contributed by atoms with Crippen LogP contribution in [0.25, 0.3) is 22.6 Å². The zero-order valence-corrected chi connectivity index (χ0v) is 57.2. The summed E-state index contributed by atoms with van der Waals surface area (Å²) in [7, 11) is 5.59. The van der Waals surface area contributed by atoms with E-state index in [1.54, 1.807) is 95.3 Å². The fourth-order valence-electron chi connectivity index (χ4n) is 13.4. The Bertz CT molecular complexity index is 3990. The lowest BCUT2D eigenvalue weighted by Crippen LogP contribution is -2.61. The molecule has 0 spiro atoms. The number of amides is 10. The van der Waals surface area contributed by atoms with Crippen LogP contribution in [-0.2, 0) is 70.3 Å². The summed E-state index contributed by atoms with van der Waals surface area (Å²) >= 11 is 0. The van der Waals surface area contributed by atoms with E-state index in [0.29, 0.717) is 29.5 Å². The summed E-state index contributed by atoms with van der Waals surface area (Å²) in [5, 5.41) is 10.9. The molecule has 4 fully saturated rings. The molecule has 10 amide bonds. The molecule has 6 N–H and O–H groups in total. The molecule has 3 aromatic carbocycles. The van der Waals surface area contributed by atoms with E-state index in [9.17, 15) is 43.2 Å². The lowest BCUT2D eigenvalue weighted by molar-refractivity contribution is -0.163. The van der Waals surface area contributed by atoms with E-state index in [1.165, 1.54) is 80.7 Å². The third-order valence-corrected chi connectivity index (χ3v) is 18.9. The number of ether oxygens (including phenoxy) is 2. The zero-order valence-electron chi connectivity index (χ0n) is 57.2. The minimum absolute atomic E-state index is 0.0837. The van der Waals surface area contributed by atoms with Gasteiger partial charge in [-0.05, 0) is 88.0 Å². The van der Waals surface area contributed by atoms with Gasteiger partial charge in [0, 0.05) is 59.7 Å².